The Kier molecular flexibility index (Phi) is 6.61. The summed E-state index contributed by atoms with van der Waals surface area (Å²) in [6.45, 7) is 7.41. The predicted octanol–water partition coefficient (Wildman–Crippen LogP) is 5.51. The van der Waals surface area contributed by atoms with Gasteiger partial charge in [-0.25, -0.2) is 0 Å². The second kappa shape index (κ2) is 8.48. The summed E-state index contributed by atoms with van der Waals surface area (Å²) in [5.41, 5.74) is 4.14. The Morgan fingerprint density at radius 1 is 1.25 bits per heavy atom. The van der Waals surface area contributed by atoms with Crippen LogP contribution in [0.15, 0.2) is 43.0 Å². The average Bonchev–Trinajstić information content (AvgIpc) is 2.54. The van der Waals surface area contributed by atoms with E-state index in [2.05, 4.69) is 30.7 Å². The molecule has 0 unspecified atom stereocenters. The van der Waals surface area contributed by atoms with Gasteiger partial charge in [0, 0.05) is 24.2 Å². The third-order valence-corrected chi connectivity index (χ3v) is 4.66. The van der Waals surface area contributed by atoms with Gasteiger partial charge >= 0.3 is 0 Å². The Morgan fingerprint density at radius 3 is 2.50 bits per heavy atom. The number of nitrogens with zero attached hydrogens (tertiary/aromatic N) is 1. The van der Waals surface area contributed by atoms with Gasteiger partial charge in [-0.05, 0) is 43.2 Å². The van der Waals surface area contributed by atoms with Gasteiger partial charge in [0.05, 0.1) is 10.0 Å². The van der Waals surface area contributed by atoms with Crippen molar-refractivity contribution in [2.75, 3.05) is 13.6 Å². The van der Waals surface area contributed by atoms with Crippen molar-refractivity contribution in [3.05, 3.63) is 75.3 Å². The van der Waals surface area contributed by atoms with E-state index in [0.29, 0.717) is 22.0 Å². The molecule has 0 radical (unpaired) electrons. The number of carbonyl (C=O) groups excluding carboxylic acids is 1. The molecule has 4 heteroatoms. The Labute approximate surface area is 153 Å². The quantitative estimate of drug-likeness (QED) is 0.605. The van der Waals surface area contributed by atoms with Crippen molar-refractivity contribution in [3.8, 4) is 0 Å². The van der Waals surface area contributed by atoms with Crippen LogP contribution in [0.25, 0.3) is 5.57 Å². The van der Waals surface area contributed by atoms with Crippen molar-refractivity contribution in [2.24, 2.45) is 0 Å². The molecular formula is C20H21Cl2NO. The molecule has 0 bridgehead atoms. The number of aldehydes is 1. The molecular weight excluding hydrogens is 341 g/mol. The lowest BCUT2D eigenvalue weighted by Gasteiger charge is -2.19. The van der Waals surface area contributed by atoms with Crippen molar-refractivity contribution in [1.82, 2.24) is 4.90 Å². The molecule has 126 valence electrons. The van der Waals surface area contributed by atoms with E-state index in [1.54, 1.807) is 6.07 Å². The lowest BCUT2D eigenvalue weighted by molar-refractivity contribution is 0.112. The molecule has 2 aromatic carbocycles. The van der Waals surface area contributed by atoms with E-state index in [4.69, 9.17) is 23.2 Å². The van der Waals surface area contributed by atoms with E-state index in [1.807, 2.05) is 25.1 Å². The summed E-state index contributed by atoms with van der Waals surface area (Å²) in [5.74, 6) is 0. The fourth-order valence-corrected chi connectivity index (χ4v) is 3.59. The molecule has 0 N–H and O–H groups in total. The maximum Gasteiger partial charge on any atom is 0.150 e. The number of carbonyl (C=O) groups is 1. The van der Waals surface area contributed by atoms with Crippen LogP contribution in [0.1, 0.15) is 34.0 Å². The Bertz CT molecular complexity index is 741. The second-order valence-electron chi connectivity index (χ2n) is 5.99. The first-order chi connectivity index (χ1) is 11.4. The summed E-state index contributed by atoms with van der Waals surface area (Å²) < 4.78 is 0. The molecule has 0 fully saturated rings. The lowest BCUT2D eigenvalue weighted by atomic mass is 9.98. The third-order valence-electron chi connectivity index (χ3n) is 3.95. The molecule has 2 rings (SSSR count). The number of halogens is 2. The Balaban J connectivity index is 2.18. The summed E-state index contributed by atoms with van der Waals surface area (Å²) in [4.78, 5) is 13.6. The minimum absolute atomic E-state index is 0.469. The molecule has 2 aromatic rings. The van der Waals surface area contributed by atoms with E-state index in [-0.39, 0.29) is 0 Å². The van der Waals surface area contributed by atoms with Gasteiger partial charge in [-0.1, -0.05) is 60.1 Å². The first-order valence-corrected chi connectivity index (χ1v) is 8.54. The van der Waals surface area contributed by atoms with E-state index >= 15 is 0 Å². The standard InChI is InChI=1S/C20H21Cl2NO/c1-14(2)19-18(21)11-16(13-24)17(20(19)22)9-10-23(3)12-15-7-5-4-6-8-15/h4-8,11,13H,1,9-10,12H2,2-3H3. The van der Waals surface area contributed by atoms with Crippen LogP contribution >= 0.6 is 23.2 Å². The zero-order valence-electron chi connectivity index (χ0n) is 14.0. The van der Waals surface area contributed by atoms with Crippen molar-refractivity contribution >= 4 is 35.1 Å². The average molecular weight is 362 g/mol. The van der Waals surface area contributed by atoms with Crippen molar-refractivity contribution < 1.29 is 4.79 Å². The fraction of sp³-hybridized carbons (Fsp3) is 0.250. The largest absolute Gasteiger partial charge is 0.302 e. The van der Waals surface area contributed by atoms with Gasteiger partial charge in [0.15, 0.2) is 0 Å². The number of likely N-dealkylation sites (N-methyl/N-ethyl adjacent to an activating group) is 1. The normalized spacial score (nSPS) is 10.9. The topological polar surface area (TPSA) is 20.3 Å². The van der Waals surface area contributed by atoms with Crippen LogP contribution in [0.5, 0.6) is 0 Å². The Hall–Kier alpha value is -1.61. The first-order valence-electron chi connectivity index (χ1n) is 7.78. The van der Waals surface area contributed by atoms with Gasteiger partial charge in [0.1, 0.15) is 6.29 Å². The van der Waals surface area contributed by atoms with Crippen molar-refractivity contribution in [2.45, 2.75) is 19.9 Å². The molecule has 0 saturated heterocycles. The van der Waals surface area contributed by atoms with Crippen molar-refractivity contribution in [1.29, 1.82) is 0 Å². The highest BCUT2D eigenvalue weighted by Crippen LogP contribution is 2.35. The number of hydrogen-bond acceptors (Lipinski definition) is 2. The summed E-state index contributed by atoms with van der Waals surface area (Å²) in [7, 11) is 2.05. The first kappa shape index (κ1) is 18.7. The van der Waals surface area contributed by atoms with Gasteiger partial charge in [0.2, 0.25) is 0 Å². The molecule has 0 aliphatic heterocycles. The third kappa shape index (κ3) is 4.47. The van der Waals surface area contributed by atoms with E-state index in [0.717, 1.165) is 36.1 Å². The summed E-state index contributed by atoms with van der Waals surface area (Å²) in [6.07, 6.45) is 1.49. The van der Waals surface area contributed by atoms with Crippen LogP contribution < -0.4 is 0 Å². The van der Waals surface area contributed by atoms with E-state index in [9.17, 15) is 4.79 Å². The minimum Gasteiger partial charge on any atom is -0.302 e. The summed E-state index contributed by atoms with van der Waals surface area (Å²) in [6, 6.07) is 11.9. The molecule has 0 amide bonds. The molecule has 0 aromatic heterocycles. The fourth-order valence-electron chi connectivity index (χ4n) is 2.71. The number of hydrogen-bond donors (Lipinski definition) is 0. The maximum atomic E-state index is 11.4. The van der Waals surface area contributed by atoms with Crippen LogP contribution in [0, 0.1) is 0 Å². The highest BCUT2D eigenvalue weighted by molar-refractivity contribution is 6.38. The number of allylic oxidation sites excluding steroid dienone is 1. The van der Waals surface area contributed by atoms with Gasteiger partial charge < -0.3 is 4.90 Å². The summed E-state index contributed by atoms with van der Waals surface area (Å²) in [5, 5.41) is 1.00. The number of rotatable bonds is 7. The van der Waals surface area contributed by atoms with Crippen LogP contribution in [-0.4, -0.2) is 24.8 Å². The minimum atomic E-state index is 0.469. The van der Waals surface area contributed by atoms with Gasteiger partial charge in [-0.3, -0.25) is 4.79 Å². The monoisotopic (exact) mass is 361 g/mol. The van der Waals surface area contributed by atoms with Gasteiger partial charge in [-0.15, -0.1) is 0 Å². The molecule has 0 spiro atoms. The SMILES string of the molecule is C=C(C)c1c(Cl)cc(C=O)c(CCN(C)Cc2ccccc2)c1Cl. The zero-order chi connectivity index (χ0) is 17.7. The zero-order valence-corrected chi connectivity index (χ0v) is 15.5. The lowest BCUT2D eigenvalue weighted by Crippen LogP contribution is -2.21. The van der Waals surface area contributed by atoms with Crippen molar-refractivity contribution in [3.63, 3.8) is 0 Å². The highest BCUT2D eigenvalue weighted by Gasteiger charge is 2.16. The predicted molar refractivity (Wildman–Crippen MR) is 103 cm³/mol. The maximum absolute atomic E-state index is 11.4. The molecule has 0 heterocycles. The molecule has 0 aliphatic rings. The molecule has 24 heavy (non-hydrogen) atoms. The summed E-state index contributed by atoms with van der Waals surface area (Å²) >= 11 is 12.7. The van der Waals surface area contributed by atoms with Crippen LogP contribution in [0.3, 0.4) is 0 Å². The smallest absolute Gasteiger partial charge is 0.150 e. The second-order valence-corrected chi connectivity index (χ2v) is 6.77. The van der Waals surface area contributed by atoms with E-state index < -0.39 is 0 Å². The van der Waals surface area contributed by atoms with Crippen LogP contribution in [0.2, 0.25) is 10.0 Å². The van der Waals surface area contributed by atoms with Gasteiger partial charge in [-0.2, -0.15) is 0 Å². The Morgan fingerprint density at radius 2 is 1.92 bits per heavy atom. The van der Waals surface area contributed by atoms with Gasteiger partial charge in [0.25, 0.3) is 0 Å². The van der Waals surface area contributed by atoms with Crippen LogP contribution in [0.4, 0.5) is 0 Å². The molecule has 2 nitrogen and oxygen atoms in total. The molecule has 0 saturated carbocycles. The van der Waals surface area contributed by atoms with E-state index in [1.165, 1.54) is 5.56 Å². The van der Waals surface area contributed by atoms with Crippen LogP contribution in [-0.2, 0) is 13.0 Å². The molecule has 0 atom stereocenters. The molecule has 0 aliphatic carbocycles. The highest BCUT2D eigenvalue weighted by atomic mass is 35.5. The number of benzene rings is 2.